The van der Waals surface area contributed by atoms with E-state index in [1.54, 1.807) is 19.2 Å². The van der Waals surface area contributed by atoms with Crippen LogP contribution in [0.1, 0.15) is 29.9 Å². The second-order valence-electron chi connectivity index (χ2n) is 4.85. The fourth-order valence-corrected chi connectivity index (χ4v) is 2.04. The Balaban J connectivity index is 1.89. The third-order valence-electron chi connectivity index (χ3n) is 3.42. The van der Waals surface area contributed by atoms with Crippen molar-refractivity contribution in [3.05, 3.63) is 53.4 Å². The molecule has 102 valence electrons. The van der Waals surface area contributed by atoms with E-state index in [0.717, 1.165) is 24.5 Å². The van der Waals surface area contributed by atoms with Gasteiger partial charge in [0.1, 0.15) is 11.6 Å². The van der Waals surface area contributed by atoms with Crippen molar-refractivity contribution in [3.8, 4) is 0 Å². The highest BCUT2D eigenvalue weighted by Crippen LogP contribution is 2.16. The highest BCUT2D eigenvalue weighted by atomic mass is 19.1. The third-order valence-corrected chi connectivity index (χ3v) is 3.42. The topological polar surface area (TPSA) is 29.9 Å². The lowest BCUT2D eigenvalue weighted by Gasteiger charge is -2.15. The molecule has 1 heterocycles. The quantitative estimate of drug-likeness (QED) is 0.896. The van der Waals surface area contributed by atoms with Gasteiger partial charge in [-0.15, -0.1) is 0 Å². The van der Waals surface area contributed by atoms with E-state index in [9.17, 15) is 4.39 Å². The molecule has 3 nitrogen and oxygen atoms in total. The van der Waals surface area contributed by atoms with E-state index in [1.807, 2.05) is 32.2 Å². The van der Waals surface area contributed by atoms with Crippen molar-refractivity contribution in [2.45, 2.75) is 33.4 Å². The minimum absolute atomic E-state index is 0.138. The van der Waals surface area contributed by atoms with Crippen molar-refractivity contribution in [1.82, 2.24) is 14.9 Å². The fraction of sp³-hybridized carbons (Fsp3) is 0.400. The molecule has 1 atom stereocenters. The second kappa shape index (κ2) is 5.97. The predicted octanol–water partition coefficient (Wildman–Crippen LogP) is 2.99. The molecule has 1 N–H and O–H groups in total. The summed E-state index contributed by atoms with van der Waals surface area (Å²) in [5.74, 6) is 0.868. The third kappa shape index (κ3) is 3.41. The molecule has 19 heavy (non-hydrogen) atoms. The summed E-state index contributed by atoms with van der Waals surface area (Å²) >= 11 is 0. The maximum Gasteiger partial charge on any atom is 0.126 e. The van der Waals surface area contributed by atoms with Crippen LogP contribution in [0.15, 0.2) is 30.6 Å². The molecule has 1 unspecified atom stereocenters. The molecule has 0 aliphatic rings. The van der Waals surface area contributed by atoms with Crippen molar-refractivity contribution in [3.63, 3.8) is 0 Å². The number of nitrogens with zero attached hydrogens (tertiary/aromatic N) is 2. The summed E-state index contributed by atoms with van der Waals surface area (Å²) in [5, 5.41) is 3.40. The van der Waals surface area contributed by atoms with E-state index in [2.05, 4.69) is 14.9 Å². The van der Waals surface area contributed by atoms with Gasteiger partial charge >= 0.3 is 0 Å². The number of hydrogen-bond donors (Lipinski definition) is 1. The Bertz CT molecular complexity index is 548. The van der Waals surface area contributed by atoms with Gasteiger partial charge in [0.15, 0.2) is 0 Å². The maximum atomic E-state index is 13.5. The van der Waals surface area contributed by atoms with Gasteiger partial charge in [-0.25, -0.2) is 9.37 Å². The van der Waals surface area contributed by atoms with Crippen LogP contribution in [0.3, 0.4) is 0 Å². The van der Waals surface area contributed by atoms with Gasteiger partial charge < -0.3 is 9.88 Å². The lowest BCUT2D eigenvalue weighted by Crippen LogP contribution is -2.23. The molecule has 0 saturated carbocycles. The summed E-state index contributed by atoms with van der Waals surface area (Å²) in [7, 11) is 0. The largest absolute Gasteiger partial charge is 0.334 e. The molecule has 0 fully saturated rings. The molecule has 0 saturated heterocycles. The zero-order valence-corrected chi connectivity index (χ0v) is 11.7. The zero-order chi connectivity index (χ0) is 13.8. The van der Waals surface area contributed by atoms with E-state index < -0.39 is 0 Å². The number of aryl methyl sites for hydroxylation is 2. The highest BCUT2D eigenvalue weighted by molar-refractivity contribution is 5.25. The summed E-state index contributed by atoms with van der Waals surface area (Å²) < 4.78 is 15.6. The van der Waals surface area contributed by atoms with Gasteiger partial charge in [0.2, 0.25) is 0 Å². The smallest absolute Gasteiger partial charge is 0.126 e. The first kappa shape index (κ1) is 13.7. The first-order valence-corrected chi connectivity index (χ1v) is 6.55. The van der Waals surface area contributed by atoms with Crippen molar-refractivity contribution >= 4 is 0 Å². The van der Waals surface area contributed by atoms with Crippen LogP contribution in [0.5, 0.6) is 0 Å². The van der Waals surface area contributed by atoms with Crippen molar-refractivity contribution < 1.29 is 4.39 Å². The summed E-state index contributed by atoms with van der Waals surface area (Å²) in [6.45, 7) is 7.50. The maximum absolute atomic E-state index is 13.5. The number of hydrogen-bond acceptors (Lipinski definition) is 2. The molecule has 2 aromatic rings. The lowest BCUT2D eigenvalue weighted by atomic mass is 10.1. The molecule has 1 aromatic heterocycles. The van der Waals surface area contributed by atoms with Crippen LogP contribution in [0, 0.1) is 19.7 Å². The Morgan fingerprint density at radius 1 is 1.37 bits per heavy atom. The Kier molecular flexibility index (Phi) is 4.32. The Labute approximate surface area is 113 Å². The molecule has 0 radical (unpaired) electrons. The average Bonchev–Trinajstić information content (AvgIpc) is 2.78. The van der Waals surface area contributed by atoms with Gasteiger partial charge in [0.05, 0.1) is 0 Å². The SMILES string of the molecule is Cc1ccc(C(C)NCCn2ccnc2C)cc1F. The first-order valence-electron chi connectivity index (χ1n) is 6.55. The number of nitrogens with one attached hydrogen (secondary N) is 1. The standard InChI is InChI=1S/C15H20FN3/c1-11-4-5-14(10-15(11)16)12(2)17-6-8-19-9-7-18-13(19)3/h4-5,7,9-10,12,17H,6,8H2,1-3H3. The minimum atomic E-state index is -0.142. The van der Waals surface area contributed by atoms with Crippen LogP contribution in [0.2, 0.25) is 0 Å². The van der Waals surface area contributed by atoms with Gasteiger partial charge in [-0.1, -0.05) is 12.1 Å². The number of imidazole rings is 1. The van der Waals surface area contributed by atoms with Crippen LogP contribution >= 0.6 is 0 Å². The van der Waals surface area contributed by atoms with Crippen LogP contribution in [0.25, 0.3) is 0 Å². The van der Waals surface area contributed by atoms with Gasteiger partial charge in [0, 0.05) is 31.5 Å². The van der Waals surface area contributed by atoms with Crippen molar-refractivity contribution in [1.29, 1.82) is 0 Å². The monoisotopic (exact) mass is 261 g/mol. The first-order chi connectivity index (χ1) is 9.08. The molecule has 2 rings (SSSR count). The van der Waals surface area contributed by atoms with E-state index in [4.69, 9.17) is 0 Å². The zero-order valence-electron chi connectivity index (χ0n) is 11.7. The molecular weight excluding hydrogens is 241 g/mol. The molecule has 0 spiro atoms. The lowest BCUT2D eigenvalue weighted by molar-refractivity contribution is 0.522. The van der Waals surface area contributed by atoms with Crippen LogP contribution in [0.4, 0.5) is 4.39 Å². The Morgan fingerprint density at radius 3 is 2.79 bits per heavy atom. The van der Waals surface area contributed by atoms with Crippen LogP contribution in [-0.2, 0) is 6.54 Å². The van der Waals surface area contributed by atoms with E-state index >= 15 is 0 Å². The van der Waals surface area contributed by atoms with Gasteiger partial charge in [-0.05, 0) is 38.0 Å². The molecule has 0 aliphatic heterocycles. The van der Waals surface area contributed by atoms with Gasteiger partial charge in [-0.2, -0.15) is 0 Å². The molecule has 1 aromatic carbocycles. The van der Waals surface area contributed by atoms with Crippen molar-refractivity contribution in [2.24, 2.45) is 0 Å². The minimum Gasteiger partial charge on any atom is -0.334 e. The van der Waals surface area contributed by atoms with Crippen LogP contribution < -0.4 is 5.32 Å². The highest BCUT2D eigenvalue weighted by Gasteiger charge is 2.07. The molecule has 0 amide bonds. The Hall–Kier alpha value is -1.68. The molecular formula is C15H20FN3. The summed E-state index contributed by atoms with van der Waals surface area (Å²) in [5.41, 5.74) is 1.66. The van der Waals surface area contributed by atoms with Crippen molar-refractivity contribution in [2.75, 3.05) is 6.54 Å². The number of benzene rings is 1. The predicted molar refractivity (Wildman–Crippen MR) is 74.5 cm³/mol. The number of rotatable bonds is 5. The fourth-order valence-electron chi connectivity index (χ4n) is 2.04. The van der Waals surface area contributed by atoms with E-state index in [-0.39, 0.29) is 11.9 Å². The van der Waals surface area contributed by atoms with Gasteiger partial charge in [-0.3, -0.25) is 0 Å². The molecule has 0 aliphatic carbocycles. The number of halogens is 1. The second-order valence-corrected chi connectivity index (χ2v) is 4.85. The summed E-state index contributed by atoms with van der Waals surface area (Å²) in [4.78, 5) is 4.18. The molecule has 0 bridgehead atoms. The molecule has 4 heteroatoms. The average molecular weight is 261 g/mol. The Morgan fingerprint density at radius 2 is 2.16 bits per heavy atom. The summed E-state index contributed by atoms with van der Waals surface area (Å²) in [6, 6.07) is 5.54. The van der Waals surface area contributed by atoms with Crippen LogP contribution in [-0.4, -0.2) is 16.1 Å². The number of aromatic nitrogens is 2. The van der Waals surface area contributed by atoms with E-state index in [1.165, 1.54) is 0 Å². The normalized spacial score (nSPS) is 12.6. The van der Waals surface area contributed by atoms with Gasteiger partial charge in [0.25, 0.3) is 0 Å². The summed E-state index contributed by atoms with van der Waals surface area (Å²) in [6.07, 6.45) is 3.77. The van der Waals surface area contributed by atoms with E-state index in [0.29, 0.717) is 5.56 Å².